The summed E-state index contributed by atoms with van der Waals surface area (Å²) in [6.07, 6.45) is 2.93. The third-order valence-electron chi connectivity index (χ3n) is 6.26. The van der Waals surface area contributed by atoms with E-state index in [0.717, 1.165) is 36.1 Å². The van der Waals surface area contributed by atoms with E-state index in [1.165, 1.54) is 11.1 Å². The molecule has 32 heavy (non-hydrogen) atoms. The molecule has 176 valence electrons. The molecule has 0 unspecified atom stereocenters. The lowest BCUT2D eigenvalue weighted by Gasteiger charge is -2.34. The Morgan fingerprint density at radius 1 is 0.906 bits per heavy atom. The molecule has 5 nitrogen and oxygen atoms in total. The minimum absolute atomic E-state index is 0.125. The highest BCUT2D eigenvalue weighted by molar-refractivity contribution is 5.76. The van der Waals surface area contributed by atoms with Crippen molar-refractivity contribution >= 4 is 5.91 Å². The van der Waals surface area contributed by atoms with Crippen molar-refractivity contribution < 1.29 is 19.5 Å². The van der Waals surface area contributed by atoms with E-state index in [1.54, 1.807) is 5.48 Å². The second-order valence-corrected chi connectivity index (χ2v) is 9.73. The molecule has 0 bridgehead atoms. The Labute approximate surface area is 193 Å². The van der Waals surface area contributed by atoms with Crippen LogP contribution in [-0.2, 0) is 10.2 Å². The van der Waals surface area contributed by atoms with Crippen molar-refractivity contribution in [1.29, 1.82) is 0 Å². The molecule has 0 atom stereocenters. The van der Waals surface area contributed by atoms with Gasteiger partial charge in [-0.05, 0) is 72.9 Å². The van der Waals surface area contributed by atoms with Crippen LogP contribution in [0.5, 0.6) is 11.5 Å². The average Bonchev–Trinajstić information content (AvgIpc) is 2.74. The fourth-order valence-electron chi connectivity index (χ4n) is 4.09. The summed E-state index contributed by atoms with van der Waals surface area (Å²) >= 11 is 0. The maximum Gasteiger partial charge on any atom is 0.281 e. The molecule has 2 rings (SSSR count). The fraction of sp³-hybridized carbons (Fsp3) is 0.519. The lowest BCUT2D eigenvalue weighted by atomic mass is 9.70. The second-order valence-electron chi connectivity index (χ2n) is 9.73. The molecule has 0 aliphatic carbocycles. The van der Waals surface area contributed by atoms with E-state index >= 15 is 0 Å². The molecule has 5 heteroatoms. The largest absolute Gasteiger partial charge is 0.493 e. The van der Waals surface area contributed by atoms with Gasteiger partial charge < -0.3 is 9.47 Å². The Balaban J connectivity index is 2.30. The SMILES string of the molecule is CCC(CC)(c1ccc(OCCC(C)(C)C)c(C)c1)c1ccc(OCC(=O)NO)c(C)c1. The van der Waals surface area contributed by atoms with Crippen molar-refractivity contribution in [3.8, 4) is 11.5 Å². The number of carbonyl (C=O) groups excluding carboxylic acids is 1. The summed E-state index contributed by atoms with van der Waals surface area (Å²) < 4.78 is 11.6. The quantitative estimate of drug-likeness (QED) is 0.345. The molecule has 0 aliphatic heterocycles. The molecule has 2 N–H and O–H groups in total. The zero-order valence-electron chi connectivity index (χ0n) is 20.7. The van der Waals surface area contributed by atoms with E-state index in [4.69, 9.17) is 14.7 Å². The van der Waals surface area contributed by atoms with Gasteiger partial charge in [0.25, 0.3) is 5.91 Å². The topological polar surface area (TPSA) is 67.8 Å². The van der Waals surface area contributed by atoms with E-state index in [2.05, 4.69) is 71.9 Å². The molecule has 2 aromatic rings. The van der Waals surface area contributed by atoms with Crippen LogP contribution in [-0.4, -0.2) is 24.3 Å². The fourth-order valence-corrected chi connectivity index (χ4v) is 4.09. The molecule has 0 saturated carbocycles. The highest BCUT2D eigenvalue weighted by Gasteiger charge is 2.31. The third kappa shape index (κ3) is 6.26. The monoisotopic (exact) mass is 441 g/mol. The van der Waals surface area contributed by atoms with Crippen LogP contribution in [0.25, 0.3) is 0 Å². The van der Waals surface area contributed by atoms with E-state index in [-0.39, 0.29) is 17.4 Å². The second kappa shape index (κ2) is 10.9. The van der Waals surface area contributed by atoms with Gasteiger partial charge in [-0.2, -0.15) is 0 Å². The highest BCUT2D eigenvalue weighted by atomic mass is 16.5. The number of hydrogen-bond donors (Lipinski definition) is 2. The van der Waals surface area contributed by atoms with Crippen molar-refractivity contribution in [2.24, 2.45) is 5.41 Å². The minimum atomic E-state index is -0.578. The molecule has 0 fully saturated rings. The van der Waals surface area contributed by atoms with Gasteiger partial charge in [0.2, 0.25) is 0 Å². The Morgan fingerprint density at radius 2 is 1.41 bits per heavy atom. The van der Waals surface area contributed by atoms with Crippen LogP contribution in [0.2, 0.25) is 0 Å². The van der Waals surface area contributed by atoms with Crippen molar-refractivity contribution in [3.05, 3.63) is 58.7 Å². The standard InChI is InChI=1S/C27H39NO4/c1-8-27(9-2,22-11-13-24(20(4)17-22)32-18-25(29)28-30)21-10-12-23(19(3)16-21)31-15-14-26(5,6)7/h10-13,16-17,30H,8-9,14-15,18H2,1-7H3,(H,28,29). The van der Waals surface area contributed by atoms with Crippen LogP contribution in [0, 0.1) is 19.3 Å². The summed E-state index contributed by atoms with van der Waals surface area (Å²) in [5, 5.41) is 8.66. The molecule has 1 amide bonds. The van der Waals surface area contributed by atoms with Gasteiger partial charge in [-0.1, -0.05) is 58.9 Å². The number of hydrogen-bond acceptors (Lipinski definition) is 4. The van der Waals surface area contributed by atoms with Crippen molar-refractivity contribution in [2.45, 2.75) is 73.1 Å². The molecule has 0 spiro atoms. The first-order valence-electron chi connectivity index (χ1n) is 11.5. The molecular formula is C27H39NO4. The molecule has 2 aromatic carbocycles. The van der Waals surface area contributed by atoms with Crippen LogP contribution in [0.3, 0.4) is 0 Å². The third-order valence-corrected chi connectivity index (χ3v) is 6.26. The highest BCUT2D eigenvalue weighted by Crippen LogP contribution is 2.41. The lowest BCUT2D eigenvalue weighted by molar-refractivity contribution is -0.131. The van der Waals surface area contributed by atoms with Gasteiger partial charge in [0.1, 0.15) is 11.5 Å². The average molecular weight is 442 g/mol. The van der Waals surface area contributed by atoms with Gasteiger partial charge in [-0.3, -0.25) is 10.0 Å². The first-order chi connectivity index (χ1) is 15.1. The summed E-state index contributed by atoms with van der Waals surface area (Å²) in [4.78, 5) is 11.3. The van der Waals surface area contributed by atoms with E-state index < -0.39 is 5.91 Å². The number of hydroxylamine groups is 1. The molecule has 0 radical (unpaired) electrons. The summed E-state index contributed by atoms with van der Waals surface area (Å²) in [7, 11) is 0. The number of benzene rings is 2. The molecule has 0 heterocycles. The number of rotatable bonds is 10. The summed E-state index contributed by atoms with van der Waals surface area (Å²) in [5.74, 6) is 1.00. The lowest BCUT2D eigenvalue weighted by Crippen LogP contribution is -2.27. The van der Waals surface area contributed by atoms with Gasteiger partial charge in [-0.25, -0.2) is 5.48 Å². The Morgan fingerprint density at radius 3 is 1.81 bits per heavy atom. The smallest absolute Gasteiger partial charge is 0.281 e. The number of ether oxygens (including phenoxy) is 2. The van der Waals surface area contributed by atoms with Crippen LogP contribution >= 0.6 is 0 Å². The van der Waals surface area contributed by atoms with Gasteiger partial charge in [0, 0.05) is 5.41 Å². The maximum atomic E-state index is 11.3. The van der Waals surface area contributed by atoms with Crippen LogP contribution in [0.15, 0.2) is 36.4 Å². The van der Waals surface area contributed by atoms with Crippen molar-refractivity contribution in [3.63, 3.8) is 0 Å². The van der Waals surface area contributed by atoms with E-state index in [9.17, 15) is 4.79 Å². The number of carbonyl (C=O) groups is 1. The van der Waals surface area contributed by atoms with Crippen LogP contribution in [0.4, 0.5) is 0 Å². The first-order valence-corrected chi connectivity index (χ1v) is 11.5. The van der Waals surface area contributed by atoms with E-state index in [0.29, 0.717) is 12.4 Å². The molecule has 0 aliphatic rings. The zero-order chi connectivity index (χ0) is 23.9. The molecule has 0 saturated heterocycles. The van der Waals surface area contributed by atoms with E-state index in [1.807, 2.05) is 13.0 Å². The maximum absolute atomic E-state index is 11.3. The Hall–Kier alpha value is -2.53. The Kier molecular flexibility index (Phi) is 8.73. The summed E-state index contributed by atoms with van der Waals surface area (Å²) in [5.41, 5.74) is 6.31. The Bertz CT molecular complexity index is 910. The normalized spacial score (nSPS) is 11.9. The first kappa shape index (κ1) is 25.7. The zero-order valence-corrected chi connectivity index (χ0v) is 20.7. The van der Waals surface area contributed by atoms with Crippen molar-refractivity contribution in [1.82, 2.24) is 5.48 Å². The predicted molar refractivity (Wildman–Crippen MR) is 129 cm³/mol. The summed E-state index contributed by atoms with van der Waals surface area (Å²) in [6.45, 7) is 15.7. The van der Waals surface area contributed by atoms with Gasteiger partial charge in [0.05, 0.1) is 6.61 Å². The van der Waals surface area contributed by atoms with Crippen molar-refractivity contribution in [2.75, 3.05) is 13.2 Å². The number of aryl methyl sites for hydroxylation is 2. The summed E-state index contributed by atoms with van der Waals surface area (Å²) in [6, 6.07) is 12.7. The number of amides is 1. The molecular weight excluding hydrogens is 402 g/mol. The van der Waals surface area contributed by atoms with Crippen LogP contribution < -0.4 is 15.0 Å². The van der Waals surface area contributed by atoms with Crippen LogP contribution in [0.1, 0.15) is 76.1 Å². The minimum Gasteiger partial charge on any atom is -0.493 e. The van der Waals surface area contributed by atoms with Gasteiger partial charge >= 0.3 is 0 Å². The number of nitrogens with one attached hydrogen (secondary N) is 1. The van der Waals surface area contributed by atoms with Gasteiger partial charge in [-0.15, -0.1) is 0 Å². The van der Waals surface area contributed by atoms with Gasteiger partial charge in [0.15, 0.2) is 6.61 Å². The molecule has 0 aromatic heterocycles. The predicted octanol–water partition coefficient (Wildman–Crippen LogP) is 6.11.